The van der Waals surface area contributed by atoms with Gasteiger partial charge in [0.15, 0.2) is 0 Å². The molecular formula is C13H23F3O2. The molecule has 0 rings (SSSR count). The van der Waals surface area contributed by atoms with Gasteiger partial charge in [-0.15, -0.1) is 0 Å². The fourth-order valence-electron chi connectivity index (χ4n) is 1.43. The maximum Gasteiger partial charge on any atom is 0.389 e. The van der Waals surface area contributed by atoms with Crippen LogP contribution in [0.2, 0.25) is 0 Å². The van der Waals surface area contributed by atoms with Crippen molar-refractivity contribution in [3.05, 3.63) is 0 Å². The third-order valence-electron chi connectivity index (χ3n) is 2.93. The summed E-state index contributed by atoms with van der Waals surface area (Å²) in [5.74, 6) is -0.215. The van der Waals surface area contributed by atoms with Crippen LogP contribution in [-0.4, -0.2) is 18.8 Å². The van der Waals surface area contributed by atoms with Gasteiger partial charge in [0.05, 0.1) is 12.5 Å². The van der Waals surface area contributed by atoms with Gasteiger partial charge in [-0.2, -0.15) is 13.2 Å². The van der Waals surface area contributed by atoms with E-state index in [0.717, 1.165) is 6.42 Å². The summed E-state index contributed by atoms with van der Waals surface area (Å²) in [6.07, 6.45) is -2.74. The number of halogens is 3. The second kappa shape index (κ2) is 8.38. The largest absolute Gasteiger partial charge is 0.465 e. The Hall–Kier alpha value is -0.740. The molecule has 0 aliphatic heterocycles. The van der Waals surface area contributed by atoms with Crippen LogP contribution in [-0.2, 0) is 9.53 Å². The summed E-state index contributed by atoms with van der Waals surface area (Å²) in [4.78, 5) is 11.4. The van der Waals surface area contributed by atoms with E-state index in [0.29, 0.717) is 19.4 Å². The van der Waals surface area contributed by atoms with Crippen molar-refractivity contribution in [2.45, 2.75) is 59.1 Å². The van der Waals surface area contributed by atoms with Crippen LogP contribution in [0.15, 0.2) is 0 Å². The van der Waals surface area contributed by atoms with Crippen molar-refractivity contribution in [1.82, 2.24) is 0 Å². The van der Waals surface area contributed by atoms with Crippen LogP contribution < -0.4 is 0 Å². The van der Waals surface area contributed by atoms with Crippen molar-refractivity contribution in [2.24, 2.45) is 11.8 Å². The van der Waals surface area contributed by atoms with Gasteiger partial charge < -0.3 is 4.74 Å². The number of carbonyl (C=O) groups excluding carboxylic acids is 1. The molecule has 0 amide bonds. The molecule has 0 aromatic rings. The Morgan fingerprint density at radius 2 is 1.83 bits per heavy atom. The molecule has 0 aromatic carbocycles. The number of hydrogen-bond acceptors (Lipinski definition) is 2. The Labute approximate surface area is 107 Å². The van der Waals surface area contributed by atoms with Crippen LogP contribution in [0.4, 0.5) is 13.2 Å². The molecule has 2 unspecified atom stereocenters. The van der Waals surface area contributed by atoms with Crippen LogP contribution in [0.3, 0.4) is 0 Å². The molecule has 108 valence electrons. The van der Waals surface area contributed by atoms with E-state index in [2.05, 4.69) is 0 Å². The number of esters is 1. The molecule has 0 N–H and O–H groups in total. The Morgan fingerprint density at radius 3 is 2.33 bits per heavy atom. The SMILES string of the molecule is CCC(C)C(=O)OCC(C)CCCCC(F)(F)F. The molecule has 5 heteroatoms. The van der Waals surface area contributed by atoms with Crippen LogP contribution in [0.25, 0.3) is 0 Å². The fourth-order valence-corrected chi connectivity index (χ4v) is 1.43. The molecule has 0 saturated carbocycles. The quantitative estimate of drug-likeness (QED) is 0.483. The third kappa shape index (κ3) is 9.31. The van der Waals surface area contributed by atoms with Crippen LogP contribution in [0, 0.1) is 11.8 Å². The minimum absolute atomic E-state index is 0.109. The maximum absolute atomic E-state index is 11.9. The smallest absolute Gasteiger partial charge is 0.389 e. The van der Waals surface area contributed by atoms with Gasteiger partial charge in [0.2, 0.25) is 0 Å². The van der Waals surface area contributed by atoms with E-state index in [1.165, 1.54) is 0 Å². The lowest BCUT2D eigenvalue weighted by Gasteiger charge is -2.14. The van der Waals surface area contributed by atoms with Crippen LogP contribution in [0.5, 0.6) is 0 Å². The van der Waals surface area contributed by atoms with E-state index < -0.39 is 12.6 Å². The van der Waals surface area contributed by atoms with Crippen molar-refractivity contribution in [3.63, 3.8) is 0 Å². The normalized spacial score (nSPS) is 15.2. The molecule has 0 saturated heterocycles. The first-order chi connectivity index (χ1) is 8.26. The zero-order valence-corrected chi connectivity index (χ0v) is 11.3. The number of ether oxygens (including phenoxy) is 1. The number of alkyl halides is 3. The van der Waals surface area contributed by atoms with Crippen molar-refractivity contribution in [1.29, 1.82) is 0 Å². The Balaban J connectivity index is 3.60. The average molecular weight is 268 g/mol. The first-order valence-corrected chi connectivity index (χ1v) is 6.49. The zero-order valence-electron chi connectivity index (χ0n) is 11.3. The lowest BCUT2D eigenvalue weighted by atomic mass is 10.0. The van der Waals surface area contributed by atoms with Crippen molar-refractivity contribution < 1.29 is 22.7 Å². The summed E-state index contributed by atoms with van der Waals surface area (Å²) < 4.78 is 40.8. The molecule has 0 heterocycles. The molecule has 0 aliphatic carbocycles. The lowest BCUT2D eigenvalue weighted by Crippen LogP contribution is -2.18. The average Bonchev–Trinajstić information content (AvgIpc) is 2.29. The van der Waals surface area contributed by atoms with E-state index in [9.17, 15) is 18.0 Å². The van der Waals surface area contributed by atoms with Gasteiger partial charge >= 0.3 is 12.1 Å². The van der Waals surface area contributed by atoms with E-state index in [1.54, 1.807) is 6.92 Å². The van der Waals surface area contributed by atoms with Crippen molar-refractivity contribution in [2.75, 3.05) is 6.61 Å². The molecule has 0 bridgehead atoms. The molecule has 0 radical (unpaired) electrons. The fraction of sp³-hybridized carbons (Fsp3) is 0.923. The Morgan fingerprint density at radius 1 is 1.22 bits per heavy atom. The minimum atomic E-state index is -4.06. The number of carbonyl (C=O) groups is 1. The highest BCUT2D eigenvalue weighted by molar-refractivity contribution is 5.71. The number of hydrogen-bond donors (Lipinski definition) is 0. The molecule has 0 aromatic heterocycles. The topological polar surface area (TPSA) is 26.3 Å². The predicted molar refractivity (Wildman–Crippen MR) is 64.1 cm³/mol. The minimum Gasteiger partial charge on any atom is -0.465 e. The van der Waals surface area contributed by atoms with Crippen LogP contribution >= 0.6 is 0 Å². The molecule has 0 fully saturated rings. The van der Waals surface area contributed by atoms with Gasteiger partial charge in [0, 0.05) is 6.42 Å². The third-order valence-corrected chi connectivity index (χ3v) is 2.93. The molecule has 0 aliphatic rings. The number of rotatable bonds is 8. The summed E-state index contributed by atoms with van der Waals surface area (Å²) in [6.45, 7) is 5.90. The highest BCUT2D eigenvalue weighted by atomic mass is 19.4. The molecule has 2 nitrogen and oxygen atoms in total. The van der Waals surface area contributed by atoms with Gasteiger partial charge in [-0.3, -0.25) is 4.79 Å². The van der Waals surface area contributed by atoms with Gasteiger partial charge in [-0.05, 0) is 25.2 Å². The van der Waals surface area contributed by atoms with E-state index in [1.807, 2.05) is 13.8 Å². The number of unbranched alkanes of at least 4 members (excludes halogenated alkanes) is 1. The van der Waals surface area contributed by atoms with Crippen molar-refractivity contribution in [3.8, 4) is 0 Å². The Bertz CT molecular complexity index is 239. The molecule has 2 atom stereocenters. The van der Waals surface area contributed by atoms with E-state index >= 15 is 0 Å². The molecule has 0 spiro atoms. The maximum atomic E-state index is 11.9. The lowest BCUT2D eigenvalue weighted by molar-refractivity contribution is -0.149. The molecular weight excluding hydrogens is 245 g/mol. The summed E-state index contributed by atoms with van der Waals surface area (Å²) in [6, 6.07) is 0. The highest BCUT2D eigenvalue weighted by Crippen LogP contribution is 2.23. The highest BCUT2D eigenvalue weighted by Gasteiger charge is 2.25. The second-order valence-electron chi connectivity index (χ2n) is 4.91. The standard InChI is InChI=1S/C13H23F3O2/c1-4-11(3)12(17)18-9-10(2)7-5-6-8-13(14,15)16/h10-11H,4-9H2,1-3H3. The van der Waals surface area contributed by atoms with Gasteiger partial charge in [-0.1, -0.05) is 27.2 Å². The predicted octanol–water partition coefficient (Wildman–Crippen LogP) is 4.33. The van der Waals surface area contributed by atoms with Gasteiger partial charge in [0.25, 0.3) is 0 Å². The summed E-state index contributed by atoms with van der Waals surface area (Å²) >= 11 is 0. The first-order valence-electron chi connectivity index (χ1n) is 6.49. The monoisotopic (exact) mass is 268 g/mol. The zero-order chi connectivity index (χ0) is 14.2. The Kier molecular flexibility index (Phi) is 8.03. The summed E-state index contributed by atoms with van der Waals surface area (Å²) in [5, 5.41) is 0. The van der Waals surface area contributed by atoms with Crippen LogP contribution in [0.1, 0.15) is 52.9 Å². The van der Waals surface area contributed by atoms with Gasteiger partial charge in [-0.25, -0.2) is 0 Å². The second-order valence-corrected chi connectivity index (χ2v) is 4.91. The summed E-state index contributed by atoms with van der Waals surface area (Å²) in [5.41, 5.74) is 0. The van der Waals surface area contributed by atoms with E-state index in [4.69, 9.17) is 4.74 Å². The summed E-state index contributed by atoms with van der Waals surface area (Å²) in [7, 11) is 0. The van der Waals surface area contributed by atoms with Crippen molar-refractivity contribution >= 4 is 5.97 Å². The first kappa shape index (κ1) is 17.3. The van der Waals surface area contributed by atoms with Gasteiger partial charge in [0.1, 0.15) is 0 Å². The molecule has 18 heavy (non-hydrogen) atoms. The van der Waals surface area contributed by atoms with E-state index in [-0.39, 0.29) is 24.2 Å².